The molecule has 1 unspecified atom stereocenters. The van der Waals surface area contributed by atoms with E-state index < -0.39 is 0 Å². The summed E-state index contributed by atoms with van der Waals surface area (Å²) in [7, 11) is 1.96. The fourth-order valence-corrected chi connectivity index (χ4v) is 4.63. The third-order valence-electron chi connectivity index (χ3n) is 5.27. The maximum Gasteiger partial charge on any atom is 0.236 e. The number of amides is 1. The van der Waals surface area contributed by atoms with E-state index in [1.54, 1.807) is 4.68 Å². The SMILES string of the molecule is Cc1ccc(-n2nnnc2SC(C(=O)N(C)C2CCCCC2)C(C)C)cc1. The molecule has 0 aliphatic heterocycles. The molecular weight excluding hydrogens is 358 g/mol. The van der Waals surface area contributed by atoms with Crippen LogP contribution < -0.4 is 0 Å². The first-order valence-electron chi connectivity index (χ1n) is 9.76. The van der Waals surface area contributed by atoms with E-state index in [1.165, 1.54) is 36.6 Å². The van der Waals surface area contributed by atoms with Gasteiger partial charge in [-0.05, 0) is 48.2 Å². The van der Waals surface area contributed by atoms with Crippen molar-refractivity contribution in [1.29, 1.82) is 0 Å². The number of hydrogen-bond donors (Lipinski definition) is 0. The van der Waals surface area contributed by atoms with E-state index in [1.807, 2.05) is 43.1 Å². The Morgan fingerprint density at radius 3 is 2.48 bits per heavy atom. The van der Waals surface area contributed by atoms with Gasteiger partial charge in [-0.1, -0.05) is 62.6 Å². The molecule has 1 aromatic heterocycles. The Kier molecular flexibility index (Phi) is 6.52. The van der Waals surface area contributed by atoms with E-state index in [0.717, 1.165) is 18.5 Å². The molecule has 27 heavy (non-hydrogen) atoms. The van der Waals surface area contributed by atoms with E-state index in [2.05, 4.69) is 29.4 Å². The van der Waals surface area contributed by atoms with Crippen LogP contribution in [0, 0.1) is 12.8 Å². The zero-order valence-corrected chi connectivity index (χ0v) is 17.4. The van der Waals surface area contributed by atoms with Crippen molar-refractivity contribution in [3.05, 3.63) is 29.8 Å². The van der Waals surface area contributed by atoms with Crippen LogP contribution in [0.4, 0.5) is 0 Å². The topological polar surface area (TPSA) is 63.9 Å². The second-order valence-corrected chi connectivity index (χ2v) is 8.84. The van der Waals surface area contributed by atoms with Gasteiger partial charge in [0.1, 0.15) is 0 Å². The largest absolute Gasteiger partial charge is 0.342 e. The second kappa shape index (κ2) is 8.87. The summed E-state index contributed by atoms with van der Waals surface area (Å²) < 4.78 is 1.72. The maximum absolute atomic E-state index is 13.2. The Morgan fingerprint density at radius 1 is 1.19 bits per heavy atom. The van der Waals surface area contributed by atoms with E-state index in [-0.39, 0.29) is 17.1 Å². The molecule has 0 radical (unpaired) electrons. The Morgan fingerprint density at radius 2 is 1.85 bits per heavy atom. The highest BCUT2D eigenvalue weighted by molar-refractivity contribution is 8.00. The van der Waals surface area contributed by atoms with E-state index in [0.29, 0.717) is 11.2 Å². The first-order chi connectivity index (χ1) is 13.0. The third kappa shape index (κ3) is 4.69. The summed E-state index contributed by atoms with van der Waals surface area (Å²) in [4.78, 5) is 15.2. The highest BCUT2D eigenvalue weighted by Gasteiger charge is 2.32. The molecule has 1 aliphatic rings. The van der Waals surface area contributed by atoms with Crippen molar-refractivity contribution in [2.45, 2.75) is 69.3 Å². The molecule has 0 N–H and O–H groups in total. The highest BCUT2D eigenvalue weighted by Crippen LogP contribution is 2.31. The number of carbonyl (C=O) groups excluding carboxylic acids is 1. The van der Waals surface area contributed by atoms with Gasteiger partial charge in [0.2, 0.25) is 11.1 Å². The molecule has 1 heterocycles. The molecule has 1 amide bonds. The predicted molar refractivity (Wildman–Crippen MR) is 108 cm³/mol. The third-order valence-corrected chi connectivity index (χ3v) is 6.74. The molecule has 0 bridgehead atoms. The first-order valence-corrected chi connectivity index (χ1v) is 10.6. The Balaban J connectivity index is 1.78. The summed E-state index contributed by atoms with van der Waals surface area (Å²) in [6.45, 7) is 6.22. The van der Waals surface area contributed by atoms with Crippen LogP contribution in [0.25, 0.3) is 5.69 Å². The number of carbonyl (C=O) groups is 1. The molecule has 1 atom stereocenters. The standard InChI is InChI=1S/C20H29N5OS/c1-14(2)18(19(26)24(4)16-8-6-5-7-9-16)27-20-21-22-23-25(20)17-12-10-15(3)11-13-17/h10-14,16,18H,5-9H2,1-4H3. The van der Waals surface area contributed by atoms with Gasteiger partial charge in [-0.2, -0.15) is 4.68 Å². The first kappa shape index (κ1) is 19.9. The number of benzene rings is 1. The van der Waals surface area contributed by atoms with Crippen LogP contribution in [-0.2, 0) is 4.79 Å². The maximum atomic E-state index is 13.2. The van der Waals surface area contributed by atoms with Crippen molar-refractivity contribution in [1.82, 2.24) is 25.1 Å². The van der Waals surface area contributed by atoms with Crippen LogP contribution >= 0.6 is 11.8 Å². The molecule has 7 heteroatoms. The number of thioether (sulfide) groups is 1. The van der Waals surface area contributed by atoms with E-state index in [4.69, 9.17) is 0 Å². The van der Waals surface area contributed by atoms with Gasteiger partial charge < -0.3 is 4.90 Å². The lowest BCUT2D eigenvalue weighted by atomic mass is 9.94. The van der Waals surface area contributed by atoms with Gasteiger partial charge in [0, 0.05) is 13.1 Å². The lowest BCUT2D eigenvalue weighted by molar-refractivity contribution is -0.132. The zero-order chi connectivity index (χ0) is 19.4. The van der Waals surface area contributed by atoms with Crippen LogP contribution in [0.2, 0.25) is 0 Å². The molecule has 1 aromatic carbocycles. The highest BCUT2D eigenvalue weighted by atomic mass is 32.2. The summed E-state index contributed by atoms with van der Waals surface area (Å²) in [6.07, 6.45) is 5.94. The Bertz CT molecular complexity index is 752. The van der Waals surface area contributed by atoms with Gasteiger partial charge in [-0.15, -0.1) is 5.10 Å². The molecule has 0 spiro atoms. The van der Waals surface area contributed by atoms with Gasteiger partial charge in [0.15, 0.2) is 0 Å². The van der Waals surface area contributed by atoms with E-state index in [9.17, 15) is 4.79 Å². The smallest absolute Gasteiger partial charge is 0.236 e. The monoisotopic (exact) mass is 387 g/mol. The van der Waals surface area contributed by atoms with Crippen LogP contribution in [-0.4, -0.2) is 49.4 Å². The lowest BCUT2D eigenvalue weighted by Crippen LogP contribution is -2.44. The minimum absolute atomic E-state index is 0.181. The summed E-state index contributed by atoms with van der Waals surface area (Å²) in [5.41, 5.74) is 2.09. The number of hydrogen-bond acceptors (Lipinski definition) is 5. The molecule has 1 saturated carbocycles. The average Bonchev–Trinajstić information content (AvgIpc) is 3.14. The summed E-state index contributed by atoms with van der Waals surface area (Å²) >= 11 is 1.47. The fourth-order valence-electron chi connectivity index (χ4n) is 3.53. The van der Waals surface area contributed by atoms with Crippen molar-refractivity contribution in [3.63, 3.8) is 0 Å². The summed E-state index contributed by atoms with van der Waals surface area (Å²) in [5.74, 6) is 0.372. The number of aromatic nitrogens is 4. The Hall–Kier alpha value is -1.89. The van der Waals surface area contributed by atoms with E-state index >= 15 is 0 Å². The number of nitrogens with zero attached hydrogens (tertiary/aromatic N) is 5. The molecular formula is C20H29N5OS. The van der Waals surface area contributed by atoms with Crippen molar-refractivity contribution in [2.75, 3.05) is 7.05 Å². The molecule has 3 rings (SSSR count). The van der Waals surface area contributed by atoms with Gasteiger partial charge >= 0.3 is 0 Å². The minimum Gasteiger partial charge on any atom is -0.342 e. The molecule has 2 aromatic rings. The Labute approximate surface area is 165 Å². The van der Waals surface area contributed by atoms with Crippen molar-refractivity contribution in [3.8, 4) is 5.69 Å². The minimum atomic E-state index is -0.202. The molecule has 146 valence electrons. The molecule has 6 nitrogen and oxygen atoms in total. The number of rotatable bonds is 6. The van der Waals surface area contributed by atoms with Crippen molar-refractivity contribution >= 4 is 17.7 Å². The van der Waals surface area contributed by atoms with Crippen LogP contribution in [0.1, 0.15) is 51.5 Å². The van der Waals surface area contributed by atoms with Crippen LogP contribution in [0.15, 0.2) is 29.4 Å². The quantitative estimate of drug-likeness (QED) is 0.704. The number of aryl methyl sites for hydroxylation is 1. The van der Waals surface area contributed by atoms with Gasteiger partial charge in [0.05, 0.1) is 10.9 Å². The molecule has 1 aliphatic carbocycles. The van der Waals surface area contributed by atoms with Gasteiger partial charge in [-0.25, -0.2) is 0 Å². The van der Waals surface area contributed by atoms with Gasteiger partial charge in [-0.3, -0.25) is 4.79 Å². The second-order valence-electron chi connectivity index (χ2n) is 7.73. The normalized spacial score (nSPS) is 16.5. The molecule has 0 saturated heterocycles. The molecule has 1 fully saturated rings. The van der Waals surface area contributed by atoms with Crippen molar-refractivity contribution < 1.29 is 4.79 Å². The van der Waals surface area contributed by atoms with Crippen LogP contribution in [0.3, 0.4) is 0 Å². The predicted octanol–water partition coefficient (Wildman–Crippen LogP) is 3.88. The zero-order valence-electron chi connectivity index (χ0n) is 16.6. The fraction of sp³-hybridized carbons (Fsp3) is 0.600. The average molecular weight is 388 g/mol. The van der Waals surface area contributed by atoms with Crippen molar-refractivity contribution in [2.24, 2.45) is 5.92 Å². The number of tetrazole rings is 1. The lowest BCUT2D eigenvalue weighted by Gasteiger charge is -2.34. The van der Waals surface area contributed by atoms with Gasteiger partial charge in [0.25, 0.3) is 0 Å². The van der Waals surface area contributed by atoms with Crippen LogP contribution in [0.5, 0.6) is 0 Å². The summed E-state index contributed by atoms with van der Waals surface area (Å²) in [6, 6.07) is 8.42. The summed E-state index contributed by atoms with van der Waals surface area (Å²) in [5, 5.41) is 12.6.